The third-order valence-corrected chi connectivity index (χ3v) is 8.87. The predicted octanol–water partition coefficient (Wildman–Crippen LogP) is 9.98. The summed E-state index contributed by atoms with van der Waals surface area (Å²) < 4.78 is 6.75. The second kappa shape index (κ2) is 13.5. The van der Waals surface area contributed by atoms with Gasteiger partial charge in [-0.3, -0.25) is 10.1 Å². The van der Waals surface area contributed by atoms with Gasteiger partial charge in [-0.2, -0.15) is 0 Å². The number of para-hydroxylation sites is 2. The van der Waals surface area contributed by atoms with Crippen LogP contribution in [0.3, 0.4) is 0 Å². The summed E-state index contributed by atoms with van der Waals surface area (Å²) in [6.07, 6.45) is 22.8. The standard InChI is InChI=1S/C34H48N2O3/c1-4-5-6-7-8-9-10-11-12-13-14-15-16-19-27-35-30-23-18-17-22-29(30)33(2,3)34(35)26-25-28-21-20-24-31(36(37)38)32(28)39-34/h17-18,20-26H,4-16,19,27H2,1-3H3/t34-/m1/s1. The molecule has 0 N–H and O–H groups in total. The van der Waals surface area contributed by atoms with E-state index in [1.54, 1.807) is 12.1 Å². The van der Waals surface area contributed by atoms with Gasteiger partial charge in [-0.1, -0.05) is 121 Å². The quantitative estimate of drug-likeness (QED) is 0.123. The minimum Gasteiger partial charge on any atom is -0.456 e. The number of nitrogens with zero attached hydrogens (tertiary/aromatic N) is 2. The van der Waals surface area contributed by atoms with Crippen molar-refractivity contribution in [2.75, 3.05) is 11.4 Å². The molecule has 0 aliphatic carbocycles. The summed E-state index contributed by atoms with van der Waals surface area (Å²) >= 11 is 0. The van der Waals surface area contributed by atoms with E-state index in [-0.39, 0.29) is 16.0 Å². The molecule has 4 rings (SSSR count). The highest BCUT2D eigenvalue weighted by molar-refractivity contribution is 5.74. The van der Waals surface area contributed by atoms with Crippen LogP contribution in [0.15, 0.2) is 48.5 Å². The molecule has 212 valence electrons. The van der Waals surface area contributed by atoms with E-state index in [2.05, 4.69) is 56.0 Å². The van der Waals surface area contributed by atoms with Gasteiger partial charge in [0, 0.05) is 23.9 Å². The minimum atomic E-state index is -0.799. The maximum Gasteiger partial charge on any atom is 0.311 e. The predicted molar refractivity (Wildman–Crippen MR) is 163 cm³/mol. The van der Waals surface area contributed by atoms with Crippen LogP contribution < -0.4 is 9.64 Å². The van der Waals surface area contributed by atoms with Gasteiger partial charge in [-0.15, -0.1) is 0 Å². The molecule has 5 heteroatoms. The molecule has 2 aliphatic heterocycles. The van der Waals surface area contributed by atoms with Crippen molar-refractivity contribution in [1.29, 1.82) is 0 Å². The highest BCUT2D eigenvalue weighted by Crippen LogP contribution is 2.56. The van der Waals surface area contributed by atoms with Crippen molar-refractivity contribution in [2.45, 2.75) is 122 Å². The van der Waals surface area contributed by atoms with Crippen LogP contribution in [0.1, 0.15) is 122 Å². The lowest BCUT2D eigenvalue weighted by molar-refractivity contribution is -0.386. The third kappa shape index (κ3) is 6.34. The van der Waals surface area contributed by atoms with Crippen LogP contribution in [-0.4, -0.2) is 17.2 Å². The van der Waals surface area contributed by atoms with Gasteiger partial charge in [0.1, 0.15) is 0 Å². The van der Waals surface area contributed by atoms with Crippen molar-refractivity contribution in [2.24, 2.45) is 0 Å². The van der Waals surface area contributed by atoms with Crippen LogP contribution in [0.4, 0.5) is 11.4 Å². The first kappa shape index (κ1) is 29.2. The van der Waals surface area contributed by atoms with Crippen LogP contribution in [0.5, 0.6) is 5.75 Å². The molecule has 0 saturated carbocycles. The molecule has 2 aliphatic rings. The molecule has 2 aromatic rings. The van der Waals surface area contributed by atoms with Crippen molar-refractivity contribution >= 4 is 17.5 Å². The van der Waals surface area contributed by atoms with Crippen LogP contribution in [-0.2, 0) is 5.41 Å². The van der Waals surface area contributed by atoms with E-state index >= 15 is 0 Å². The Balaban J connectivity index is 1.31. The lowest BCUT2D eigenvalue weighted by Crippen LogP contribution is -2.59. The topological polar surface area (TPSA) is 55.6 Å². The SMILES string of the molecule is CCCCCCCCCCCCCCCCN1c2ccccc2C(C)(C)[C@]12C=Cc1cccc([N+](=O)[O-])c1O2. The van der Waals surface area contributed by atoms with Gasteiger partial charge >= 0.3 is 5.69 Å². The molecule has 0 aromatic heterocycles. The molecule has 0 bridgehead atoms. The molecule has 1 spiro atoms. The Kier molecular flexibility index (Phi) is 10.1. The lowest BCUT2D eigenvalue weighted by atomic mass is 9.76. The molecule has 39 heavy (non-hydrogen) atoms. The van der Waals surface area contributed by atoms with Gasteiger partial charge in [-0.25, -0.2) is 0 Å². The smallest absolute Gasteiger partial charge is 0.311 e. The summed E-state index contributed by atoms with van der Waals surface area (Å²) in [6, 6.07) is 13.7. The largest absolute Gasteiger partial charge is 0.456 e. The van der Waals surface area contributed by atoms with Gasteiger partial charge in [0.15, 0.2) is 0 Å². The van der Waals surface area contributed by atoms with Gasteiger partial charge in [0.25, 0.3) is 0 Å². The number of nitro groups is 1. The number of anilines is 1. The second-order valence-corrected chi connectivity index (χ2v) is 12.0. The molecule has 0 amide bonds. The zero-order valence-electron chi connectivity index (χ0n) is 24.4. The molecule has 0 unspecified atom stereocenters. The van der Waals surface area contributed by atoms with E-state index < -0.39 is 5.72 Å². The van der Waals surface area contributed by atoms with Gasteiger partial charge in [0.2, 0.25) is 11.5 Å². The maximum absolute atomic E-state index is 11.8. The summed E-state index contributed by atoms with van der Waals surface area (Å²) in [5.41, 5.74) is 2.01. The Hall–Kier alpha value is -2.82. The van der Waals surface area contributed by atoms with Crippen molar-refractivity contribution in [3.05, 3.63) is 69.8 Å². The number of hydrogen-bond acceptors (Lipinski definition) is 4. The van der Waals surface area contributed by atoms with Crippen LogP contribution >= 0.6 is 0 Å². The van der Waals surface area contributed by atoms with Crippen LogP contribution in [0.25, 0.3) is 6.08 Å². The summed E-state index contributed by atoms with van der Waals surface area (Å²) in [4.78, 5) is 13.9. The van der Waals surface area contributed by atoms with Crippen molar-refractivity contribution in [1.82, 2.24) is 0 Å². The number of rotatable bonds is 16. The Bertz CT molecular complexity index is 1130. The van der Waals surface area contributed by atoms with E-state index in [9.17, 15) is 10.1 Å². The second-order valence-electron chi connectivity index (χ2n) is 12.0. The van der Waals surface area contributed by atoms with Crippen molar-refractivity contribution in [3.63, 3.8) is 0 Å². The number of fused-ring (bicyclic) bond motifs is 2. The Morgan fingerprint density at radius 3 is 2.00 bits per heavy atom. The molecule has 0 radical (unpaired) electrons. The number of unbranched alkanes of at least 4 members (excludes halogenated alkanes) is 13. The van der Waals surface area contributed by atoms with E-state index in [1.807, 2.05) is 12.1 Å². The first-order chi connectivity index (χ1) is 18.9. The molecule has 0 saturated heterocycles. The van der Waals surface area contributed by atoms with Crippen molar-refractivity contribution < 1.29 is 9.66 Å². The van der Waals surface area contributed by atoms with Crippen LogP contribution in [0, 0.1) is 10.1 Å². The fourth-order valence-electron chi connectivity index (χ4n) is 6.50. The minimum absolute atomic E-state index is 0.0272. The van der Waals surface area contributed by atoms with E-state index in [4.69, 9.17) is 4.74 Å². The maximum atomic E-state index is 11.8. The Labute approximate surface area is 235 Å². The normalized spacial score (nSPS) is 18.7. The van der Waals surface area contributed by atoms with Gasteiger partial charge in [0.05, 0.1) is 10.3 Å². The van der Waals surface area contributed by atoms with Gasteiger partial charge in [-0.05, 0) is 44.1 Å². The number of nitro benzene ring substituents is 1. The fourth-order valence-corrected chi connectivity index (χ4v) is 6.50. The van der Waals surface area contributed by atoms with E-state index in [1.165, 1.54) is 94.7 Å². The van der Waals surface area contributed by atoms with E-state index in [0.717, 1.165) is 18.5 Å². The van der Waals surface area contributed by atoms with Gasteiger partial charge < -0.3 is 9.64 Å². The summed E-state index contributed by atoms with van der Waals surface area (Å²) in [5.74, 6) is 0.372. The lowest BCUT2D eigenvalue weighted by Gasteiger charge is -2.47. The molecule has 0 fully saturated rings. The average molecular weight is 533 g/mol. The molecule has 1 atom stereocenters. The number of ether oxygens (including phenoxy) is 1. The monoisotopic (exact) mass is 532 g/mol. The third-order valence-electron chi connectivity index (χ3n) is 8.87. The zero-order valence-corrected chi connectivity index (χ0v) is 24.4. The highest BCUT2D eigenvalue weighted by Gasteiger charge is 2.59. The first-order valence-electron chi connectivity index (χ1n) is 15.4. The summed E-state index contributed by atoms with van der Waals surface area (Å²) in [5, 5.41) is 11.8. The highest BCUT2D eigenvalue weighted by atomic mass is 16.6. The van der Waals surface area contributed by atoms with Crippen molar-refractivity contribution in [3.8, 4) is 5.75 Å². The molecule has 5 nitrogen and oxygen atoms in total. The summed E-state index contributed by atoms with van der Waals surface area (Å²) in [7, 11) is 0. The fraction of sp³-hybridized carbons (Fsp3) is 0.588. The first-order valence-corrected chi connectivity index (χ1v) is 15.4. The van der Waals surface area contributed by atoms with E-state index in [0.29, 0.717) is 5.75 Å². The molecule has 2 heterocycles. The Morgan fingerprint density at radius 2 is 1.38 bits per heavy atom. The zero-order chi connectivity index (χ0) is 27.7. The molecule has 2 aromatic carbocycles. The molecular formula is C34H48N2O3. The molecular weight excluding hydrogens is 484 g/mol. The number of hydrogen-bond donors (Lipinski definition) is 0. The Morgan fingerprint density at radius 1 is 0.795 bits per heavy atom. The number of benzene rings is 2. The average Bonchev–Trinajstić information content (AvgIpc) is 3.11. The van der Waals surface area contributed by atoms with Crippen LogP contribution in [0.2, 0.25) is 0 Å². The summed E-state index contributed by atoms with van der Waals surface area (Å²) in [6.45, 7) is 7.53.